The van der Waals surface area contributed by atoms with E-state index in [0.29, 0.717) is 0 Å². The minimum atomic E-state index is 0.748. The van der Waals surface area contributed by atoms with Crippen LogP contribution in [0.1, 0.15) is 31.2 Å². The van der Waals surface area contributed by atoms with Gasteiger partial charge >= 0.3 is 0 Å². The maximum absolute atomic E-state index is 8.84. The van der Waals surface area contributed by atoms with Crippen molar-refractivity contribution in [3.05, 3.63) is 29.8 Å². The second-order valence-electron chi connectivity index (χ2n) is 6.10. The number of anilines is 1. The molecule has 0 aromatic heterocycles. The van der Waals surface area contributed by atoms with Crippen molar-refractivity contribution in [3.63, 3.8) is 0 Å². The fraction of sp³-hybridized carbons (Fsp3) is 0.588. The highest BCUT2D eigenvalue weighted by molar-refractivity contribution is 5.49. The molecule has 2 aliphatic heterocycles. The van der Waals surface area contributed by atoms with Gasteiger partial charge in [-0.1, -0.05) is 0 Å². The highest BCUT2D eigenvalue weighted by atomic mass is 15.2. The van der Waals surface area contributed by atoms with Crippen molar-refractivity contribution in [1.82, 2.24) is 4.90 Å². The Morgan fingerprint density at radius 1 is 1.00 bits per heavy atom. The smallest absolute Gasteiger partial charge is 0.0991 e. The van der Waals surface area contributed by atoms with Crippen LogP contribution in [0.15, 0.2) is 24.3 Å². The molecule has 3 nitrogen and oxygen atoms in total. The van der Waals surface area contributed by atoms with Gasteiger partial charge in [-0.05, 0) is 69.0 Å². The maximum Gasteiger partial charge on any atom is 0.0991 e. The largest absolute Gasteiger partial charge is 0.372 e. The van der Waals surface area contributed by atoms with E-state index in [9.17, 15) is 0 Å². The van der Waals surface area contributed by atoms with E-state index in [1.165, 1.54) is 51.0 Å². The lowest BCUT2D eigenvalue weighted by Crippen LogP contribution is -2.38. The average molecular weight is 269 g/mol. The van der Waals surface area contributed by atoms with Crippen molar-refractivity contribution in [3.8, 4) is 6.07 Å². The molecule has 2 heterocycles. The molecular formula is C17H23N3. The first-order chi connectivity index (χ1) is 9.85. The molecule has 0 saturated carbocycles. The molecule has 2 fully saturated rings. The Labute approximate surface area is 121 Å². The molecule has 0 N–H and O–H groups in total. The molecule has 0 amide bonds. The van der Waals surface area contributed by atoms with Crippen LogP contribution in [0.3, 0.4) is 0 Å². The van der Waals surface area contributed by atoms with Crippen LogP contribution < -0.4 is 4.90 Å². The standard InChI is InChI=1S/C17H23N3/c18-13-15-3-5-17(6-4-15)20-11-7-16(8-12-20)14-19-9-1-2-10-19/h3-6,16H,1-2,7-12,14H2. The number of rotatable bonds is 3. The summed E-state index contributed by atoms with van der Waals surface area (Å²) in [6, 6.07) is 10.2. The molecule has 2 aliphatic rings. The molecule has 0 spiro atoms. The minimum Gasteiger partial charge on any atom is -0.372 e. The molecule has 0 atom stereocenters. The van der Waals surface area contributed by atoms with Crippen molar-refractivity contribution >= 4 is 5.69 Å². The zero-order valence-electron chi connectivity index (χ0n) is 12.1. The molecule has 106 valence electrons. The molecule has 0 bridgehead atoms. The van der Waals surface area contributed by atoms with E-state index in [1.54, 1.807) is 0 Å². The molecular weight excluding hydrogens is 246 g/mol. The van der Waals surface area contributed by atoms with Crippen LogP contribution in [0.4, 0.5) is 5.69 Å². The van der Waals surface area contributed by atoms with E-state index in [0.717, 1.165) is 24.6 Å². The van der Waals surface area contributed by atoms with Crippen LogP contribution in [0.2, 0.25) is 0 Å². The second kappa shape index (κ2) is 6.28. The predicted molar refractivity (Wildman–Crippen MR) is 81.8 cm³/mol. The number of nitrogens with zero attached hydrogens (tertiary/aromatic N) is 3. The van der Waals surface area contributed by atoms with Crippen molar-refractivity contribution in [1.29, 1.82) is 5.26 Å². The van der Waals surface area contributed by atoms with Crippen LogP contribution in [0.5, 0.6) is 0 Å². The summed E-state index contributed by atoms with van der Waals surface area (Å²) in [6.45, 7) is 6.25. The third-order valence-corrected chi connectivity index (χ3v) is 4.69. The Morgan fingerprint density at radius 2 is 1.65 bits per heavy atom. The van der Waals surface area contributed by atoms with E-state index < -0.39 is 0 Å². The van der Waals surface area contributed by atoms with Gasteiger partial charge in [0.1, 0.15) is 0 Å². The van der Waals surface area contributed by atoms with Crippen LogP contribution in [-0.2, 0) is 0 Å². The van der Waals surface area contributed by atoms with E-state index in [4.69, 9.17) is 5.26 Å². The number of piperidine rings is 1. The van der Waals surface area contributed by atoms with Crippen LogP contribution in [0, 0.1) is 17.2 Å². The normalized spacial score (nSPS) is 21.1. The van der Waals surface area contributed by atoms with Gasteiger partial charge in [-0.3, -0.25) is 0 Å². The summed E-state index contributed by atoms with van der Waals surface area (Å²) in [5, 5.41) is 8.84. The van der Waals surface area contributed by atoms with Crippen LogP contribution in [-0.4, -0.2) is 37.6 Å². The highest BCUT2D eigenvalue weighted by Crippen LogP contribution is 2.25. The van der Waals surface area contributed by atoms with Gasteiger partial charge in [0.25, 0.3) is 0 Å². The van der Waals surface area contributed by atoms with Crippen molar-refractivity contribution < 1.29 is 0 Å². The Kier molecular flexibility index (Phi) is 4.22. The third-order valence-electron chi connectivity index (χ3n) is 4.69. The first kappa shape index (κ1) is 13.5. The number of benzene rings is 1. The summed E-state index contributed by atoms with van der Waals surface area (Å²) < 4.78 is 0. The average Bonchev–Trinajstić information content (AvgIpc) is 3.01. The predicted octanol–water partition coefficient (Wildman–Crippen LogP) is 2.87. The number of nitriles is 1. The first-order valence-corrected chi connectivity index (χ1v) is 7.82. The molecule has 1 aromatic rings. The zero-order chi connectivity index (χ0) is 13.8. The fourth-order valence-electron chi connectivity index (χ4n) is 3.45. The minimum absolute atomic E-state index is 0.748. The quantitative estimate of drug-likeness (QED) is 0.845. The SMILES string of the molecule is N#Cc1ccc(N2CCC(CN3CCCC3)CC2)cc1. The van der Waals surface area contributed by atoms with Gasteiger partial charge in [-0.15, -0.1) is 0 Å². The summed E-state index contributed by atoms with van der Waals surface area (Å²) >= 11 is 0. The summed E-state index contributed by atoms with van der Waals surface area (Å²) in [5.74, 6) is 0.878. The maximum atomic E-state index is 8.84. The zero-order valence-corrected chi connectivity index (χ0v) is 12.1. The fourth-order valence-corrected chi connectivity index (χ4v) is 3.45. The van der Waals surface area contributed by atoms with Gasteiger partial charge in [0.05, 0.1) is 11.6 Å². The Morgan fingerprint density at radius 3 is 2.25 bits per heavy atom. The lowest BCUT2D eigenvalue weighted by atomic mass is 9.96. The lowest BCUT2D eigenvalue weighted by Gasteiger charge is -2.35. The van der Waals surface area contributed by atoms with Gasteiger partial charge < -0.3 is 9.80 Å². The molecule has 0 aliphatic carbocycles. The van der Waals surface area contributed by atoms with Crippen molar-refractivity contribution in [2.24, 2.45) is 5.92 Å². The molecule has 3 heteroatoms. The Balaban J connectivity index is 1.51. The summed E-state index contributed by atoms with van der Waals surface area (Å²) in [4.78, 5) is 5.10. The topological polar surface area (TPSA) is 30.3 Å². The lowest BCUT2D eigenvalue weighted by molar-refractivity contribution is 0.249. The summed E-state index contributed by atoms with van der Waals surface area (Å²) in [6.07, 6.45) is 5.39. The molecule has 1 aromatic carbocycles. The van der Waals surface area contributed by atoms with E-state index in [1.807, 2.05) is 12.1 Å². The Hall–Kier alpha value is -1.53. The van der Waals surface area contributed by atoms with Crippen molar-refractivity contribution in [2.45, 2.75) is 25.7 Å². The van der Waals surface area contributed by atoms with Crippen LogP contribution in [0.25, 0.3) is 0 Å². The third kappa shape index (κ3) is 3.13. The van der Waals surface area contributed by atoms with Gasteiger partial charge in [0, 0.05) is 25.3 Å². The van der Waals surface area contributed by atoms with Gasteiger partial charge in [-0.25, -0.2) is 0 Å². The number of hydrogen-bond donors (Lipinski definition) is 0. The second-order valence-corrected chi connectivity index (χ2v) is 6.10. The molecule has 2 saturated heterocycles. The van der Waals surface area contributed by atoms with Gasteiger partial charge in [-0.2, -0.15) is 5.26 Å². The molecule has 0 unspecified atom stereocenters. The summed E-state index contributed by atoms with van der Waals surface area (Å²) in [7, 11) is 0. The van der Waals surface area contributed by atoms with Crippen molar-refractivity contribution in [2.75, 3.05) is 37.6 Å². The molecule has 20 heavy (non-hydrogen) atoms. The number of likely N-dealkylation sites (tertiary alicyclic amines) is 1. The molecule has 3 rings (SSSR count). The van der Waals surface area contributed by atoms with Gasteiger partial charge in [0.15, 0.2) is 0 Å². The van der Waals surface area contributed by atoms with E-state index >= 15 is 0 Å². The van der Waals surface area contributed by atoms with Crippen LogP contribution >= 0.6 is 0 Å². The number of hydrogen-bond acceptors (Lipinski definition) is 3. The first-order valence-electron chi connectivity index (χ1n) is 7.82. The van der Waals surface area contributed by atoms with Gasteiger partial charge in [0.2, 0.25) is 0 Å². The van der Waals surface area contributed by atoms with E-state index in [-0.39, 0.29) is 0 Å². The van der Waals surface area contributed by atoms with E-state index in [2.05, 4.69) is 28.0 Å². The Bertz CT molecular complexity index is 460. The monoisotopic (exact) mass is 269 g/mol. The summed E-state index contributed by atoms with van der Waals surface area (Å²) in [5.41, 5.74) is 2.02. The molecule has 0 radical (unpaired) electrons. The highest BCUT2D eigenvalue weighted by Gasteiger charge is 2.22.